The number of fused-ring (bicyclic) bond motifs is 1. The van der Waals surface area contributed by atoms with Crippen molar-refractivity contribution < 1.29 is 14.7 Å². The fourth-order valence-electron chi connectivity index (χ4n) is 1.98. The summed E-state index contributed by atoms with van der Waals surface area (Å²) in [5.74, 6) is -1.07. The lowest BCUT2D eigenvalue weighted by Crippen LogP contribution is -2.39. The molecular formula is C13H16N2O3. The third-order valence-electron chi connectivity index (χ3n) is 3.18. The number of hydrogen-bond donors (Lipinski definition) is 3. The molecule has 0 fully saturated rings. The van der Waals surface area contributed by atoms with Gasteiger partial charge in [0.2, 0.25) is 5.91 Å². The molecule has 18 heavy (non-hydrogen) atoms. The number of carbonyl (C=O) groups is 2. The fourth-order valence-corrected chi connectivity index (χ4v) is 1.98. The molecule has 0 aliphatic carbocycles. The lowest BCUT2D eigenvalue weighted by atomic mass is 10.0. The molecule has 0 spiro atoms. The van der Waals surface area contributed by atoms with Gasteiger partial charge in [-0.25, -0.2) is 0 Å². The van der Waals surface area contributed by atoms with Gasteiger partial charge in [-0.2, -0.15) is 0 Å². The number of anilines is 2. The minimum atomic E-state index is -0.893. The molecule has 0 radical (unpaired) electrons. The minimum absolute atomic E-state index is 0.0226. The Balaban J connectivity index is 2.19. The molecule has 0 aromatic heterocycles. The second-order valence-corrected chi connectivity index (χ2v) is 4.60. The first-order valence-corrected chi connectivity index (χ1v) is 5.88. The highest BCUT2D eigenvalue weighted by Gasteiger charge is 2.26. The number of carboxylic acids is 1. The topological polar surface area (TPSA) is 78.4 Å². The summed E-state index contributed by atoms with van der Waals surface area (Å²) in [5, 5.41) is 14.5. The molecule has 1 aliphatic rings. The SMILES string of the molecule is Cc1cc2c(cc1C)NC(CCC(=O)O)C(=O)N2. The molecule has 3 N–H and O–H groups in total. The third kappa shape index (κ3) is 2.45. The van der Waals surface area contributed by atoms with Gasteiger partial charge in [-0.05, 0) is 43.5 Å². The van der Waals surface area contributed by atoms with Crippen LogP contribution in [0.2, 0.25) is 0 Å². The van der Waals surface area contributed by atoms with Crippen LogP contribution in [0, 0.1) is 13.8 Å². The van der Waals surface area contributed by atoms with E-state index in [1.54, 1.807) is 0 Å². The van der Waals surface area contributed by atoms with E-state index >= 15 is 0 Å². The van der Waals surface area contributed by atoms with Gasteiger partial charge in [0.05, 0.1) is 11.4 Å². The third-order valence-corrected chi connectivity index (χ3v) is 3.18. The molecule has 1 aromatic rings. The average molecular weight is 248 g/mol. The summed E-state index contributed by atoms with van der Waals surface area (Å²) in [6, 6.07) is 3.41. The van der Waals surface area contributed by atoms with Crippen LogP contribution in [0.25, 0.3) is 0 Å². The fraction of sp³-hybridized carbons (Fsp3) is 0.385. The van der Waals surface area contributed by atoms with Crippen LogP contribution in [0.1, 0.15) is 24.0 Å². The van der Waals surface area contributed by atoms with Gasteiger partial charge in [0, 0.05) is 6.42 Å². The van der Waals surface area contributed by atoms with Gasteiger partial charge in [0.1, 0.15) is 6.04 Å². The molecule has 1 heterocycles. The van der Waals surface area contributed by atoms with E-state index in [-0.39, 0.29) is 18.7 Å². The second kappa shape index (κ2) is 4.68. The van der Waals surface area contributed by atoms with Crippen molar-refractivity contribution in [3.05, 3.63) is 23.3 Å². The van der Waals surface area contributed by atoms with Gasteiger partial charge in [0.25, 0.3) is 0 Å². The number of aryl methyl sites for hydroxylation is 2. The summed E-state index contributed by atoms with van der Waals surface area (Å²) in [6.45, 7) is 3.98. The molecule has 5 heteroatoms. The standard InChI is InChI=1S/C13H16N2O3/c1-7-5-10-11(6-8(7)2)15-13(18)9(14-10)3-4-12(16)17/h5-6,9,14H,3-4H2,1-2H3,(H,15,18)(H,16,17). The number of rotatable bonds is 3. The molecule has 1 amide bonds. The average Bonchev–Trinajstić information content (AvgIpc) is 2.29. The van der Waals surface area contributed by atoms with Crippen molar-refractivity contribution in [1.82, 2.24) is 0 Å². The zero-order chi connectivity index (χ0) is 13.3. The van der Waals surface area contributed by atoms with Crippen LogP contribution in [0.4, 0.5) is 11.4 Å². The summed E-state index contributed by atoms with van der Waals surface area (Å²) in [6.07, 6.45) is 0.263. The maximum Gasteiger partial charge on any atom is 0.303 e. The molecular weight excluding hydrogens is 232 g/mol. The number of amides is 1. The summed E-state index contributed by atoms with van der Waals surface area (Å²) in [5.41, 5.74) is 3.86. The van der Waals surface area contributed by atoms with Crippen LogP contribution in [-0.4, -0.2) is 23.0 Å². The number of aliphatic carboxylic acids is 1. The van der Waals surface area contributed by atoms with Crippen LogP contribution in [0.3, 0.4) is 0 Å². The Hall–Kier alpha value is -2.04. The van der Waals surface area contributed by atoms with E-state index in [1.807, 2.05) is 26.0 Å². The predicted octanol–water partition coefficient (Wildman–Crippen LogP) is 1.90. The monoisotopic (exact) mass is 248 g/mol. The normalized spacial score (nSPS) is 17.7. The van der Waals surface area contributed by atoms with E-state index in [2.05, 4.69) is 10.6 Å². The van der Waals surface area contributed by atoms with Crippen LogP contribution in [0.15, 0.2) is 12.1 Å². The number of benzene rings is 1. The summed E-state index contributed by atoms with van der Waals surface area (Å²) in [4.78, 5) is 22.3. The summed E-state index contributed by atoms with van der Waals surface area (Å²) in [7, 11) is 0. The Morgan fingerprint density at radius 1 is 1.28 bits per heavy atom. The van der Waals surface area contributed by atoms with Crippen LogP contribution >= 0.6 is 0 Å². The first-order valence-electron chi connectivity index (χ1n) is 5.88. The van der Waals surface area contributed by atoms with E-state index in [4.69, 9.17) is 5.11 Å². The largest absolute Gasteiger partial charge is 0.481 e. The zero-order valence-corrected chi connectivity index (χ0v) is 10.4. The predicted molar refractivity (Wildman–Crippen MR) is 68.8 cm³/mol. The molecule has 2 rings (SSSR count). The van der Waals surface area contributed by atoms with Crippen molar-refractivity contribution in [2.45, 2.75) is 32.7 Å². The maximum absolute atomic E-state index is 11.8. The Kier molecular flexibility index (Phi) is 3.23. The first-order chi connectivity index (χ1) is 8.47. The highest BCUT2D eigenvalue weighted by atomic mass is 16.4. The smallest absolute Gasteiger partial charge is 0.303 e. The van der Waals surface area contributed by atoms with Crippen LogP contribution in [0.5, 0.6) is 0 Å². The van der Waals surface area contributed by atoms with Crippen molar-refractivity contribution in [1.29, 1.82) is 0 Å². The quantitative estimate of drug-likeness (QED) is 0.763. The van der Waals surface area contributed by atoms with Crippen LogP contribution < -0.4 is 10.6 Å². The number of carboxylic acid groups (broad SMARTS) is 1. The van der Waals surface area contributed by atoms with E-state index in [1.165, 1.54) is 0 Å². The first kappa shape index (κ1) is 12.4. The number of nitrogens with one attached hydrogen (secondary N) is 2. The van der Waals surface area contributed by atoms with Gasteiger partial charge in [-0.1, -0.05) is 0 Å². The van der Waals surface area contributed by atoms with E-state index in [9.17, 15) is 9.59 Å². The van der Waals surface area contributed by atoms with Crippen molar-refractivity contribution in [2.24, 2.45) is 0 Å². The number of hydrogen-bond acceptors (Lipinski definition) is 3. The van der Waals surface area contributed by atoms with Crippen LogP contribution in [-0.2, 0) is 9.59 Å². The Bertz CT molecular complexity index is 511. The molecule has 1 aliphatic heterocycles. The van der Waals surface area contributed by atoms with Gasteiger partial charge >= 0.3 is 5.97 Å². The molecule has 1 unspecified atom stereocenters. The maximum atomic E-state index is 11.8. The Morgan fingerprint density at radius 2 is 1.89 bits per heavy atom. The summed E-state index contributed by atoms with van der Waals surface area (Å²) < 4.78 is 0. The highest BCUT2D eigenvalue weighted by Crippen LogP contribution is 2.30. The van der Waals surface area contributed by atoms with Gasteiger partial charge < -0.3 is 15.7 Å². The lowest BCUT2D eigenvalue weighted by molar-refractivity contribution is -0.137. The number of carbonyl (C=O) groups excluding carboxylic acids is 1. The highest BCUT2D eigenvalue weighted by molar-refractivity contribution is 6.03. The van der Waals surface area contributed by atoms with Crippen molar-refractivity contribution in [2.75, 3.05) is 10.6 Å². The molecule has 5 nitrogen and oxygen atoms in total. The zero-order valence-electron chi connectivity index (χ0n) is 10.4. The molecule has 96 valence electrons. The van der Waals surface area contributed by atoms with Crippen molar-refractivity contribution in [3.63, 3.8) is 0 Å². The Morgan fingerprint density at radius 3 is 2.50 bits per heavy atom. The molecule has 1 atom stereocenters. The van der Waals surface area contributed by atoms with Gasteiger partial charge in [0.15, 0.2) is 0 Å². The van der Waals surface area contributed by atoms with Gasteiger partial charge in [-0.15, -0.1) is 0 Å². The molecule has 0 saturated carbocycles. The Labute approximate surface area is 105 Å². The second-order valence-electron chi connectivity index (χ2n) is 4.60. The van der Waals surface area contributed by atoms with E-state index in [0.717, 1.165) is 22.5 Å². The summed E-state index contributed by atoms with van der Waals surface area (Å²) >= 11 is 0. The molecule has 0 bridgehead atoms. The van der Waals surface area contributed by atoms with E-state index in [0.29, 0.717) is 0 Å². The van der Waals surface area contributed by atoms with Gasteiger partial charge in [-0.3, -0.25) is 9.59 Å². The molecule has 1 aromatic carbocycles. The van der Waals surface area contributed by atoms with Crippen molar-refractivity contribution >= 4 is 23.3 Å². The van der Waals surface area contributed by atoms with Crippen molar-refractivity contribution in [3.8, 4) is 0 Å². The molecule has 0 saturated heterocycles. The lowest BCUT2D eigenvalue weighted by Gasteiger charge is -2.27. The van der Waals surface area contributed by atoms with E-state index < -0.39 is 12.0 Å². The minimum Gasteiger partial charge on any atom is -0.481 e.